The number of imide groups is 1. The van der Waals surface area contributed by atoms with Gasteiger partial charge in [0.1, 0.15) is 17.8 Å². The number of hydrogen-bond donors (Lipinski definition) is 2. The zero-order chi connectivity index (χ0) is 21.8. The summed E-state index contributed by atoms with van der Waals surface area (Å²) in [6, 6.07) is 5.56. The zero-order valence-corrected chi connectivity index (χ0v) is 17.9. The second kappa shape index (κ2) is 7.28. The van der Waals surface area contributed by atoms with E-state index in [9.17, 15) is 14.4 Å². The molecule has 164 valence electrons. The monoisotopic (exact) mass is 424 g/mol. The maximum Gasteiger partial charge on any atom is 0.325 e. The molecule has 1 aliphatic carbocycles. The van der Waals surface area contributed by atoms with E-state index >= 15 is 0 Å². The third kappa shape index (κ3) is 3.34. The number of methoxy groups -OCH3 is 1. The Balaban J connectivity index is 1.22. The van der Waals surface area contributed by atoms with Crippen molar-refractivity contribution in [2.75, 3.05) is 26.7 Å². The maximum absolute atomic E-state index is 12.9. The van der Waals surface area contributed by atoms with E-state index in [4.69, 9.17) is 4.74 Å². The van der Waals surface area contributed by atoms with E-state index in [1.54, 1.807) is 18.9 Å². The summed E-state index contributed by atoms with van der Waals surface area (Å²) in [5.41, 5.74) is 1.47. The molecule has 2 aliphatic heterocycles. The molecule has 1 aromatic heterocycles. The molecular formula is C23H28N4O4. The summed E-state index contributed by atoms with van der Waals surface area (Å²) < 4.78 is 5.36. The molecule has 8 heteroatoms. The Morgan fingerprint density at radius 3 is 2.61 bits per heavy atom. The standard InChI is InChI=1S/C23H28N4O4/c1-23(15-3-4-15)21(29)27(22(30)25-23)13-20(28)26-9-7-14(8-10-26)18-12-24-19-6-5-16(31-2)11-17(18)19/h5-6,11-12,14-15,24H,3-4,7-10,13H2,1-2H3,(H,25,30). The number of aromatic amines is 1. The summed E-state index contributed by atoms with van der Waals surface area (Å²) in [6.45, 7) is 2.83. The Hall–Kier alpha value is -3.03. The molecule has 8 nitrogen and oxygen atoms in total. The number of urea groups is 1. The molecule has 3 aliphatic rings. The van der Waals surface area contributed by atoms with Crippen molar-refractivity contribution in [2.24, 2.45) is 5.92 Å². The van der Waals surface area contributed by atoms with Crippen molar-refractivity contribution >= 4 is 28.7 Å². The third-order valence-corrected chi connectivity index (χ3v) is 7.20. The van der Waals surface area contributed by atoms with Crippen LogP contribution in [-0.2, 0) is 9.59 Å². The van der Waals surface area contributed by atoms with Crippen LogP contribution in [0.5, 0.6) is 5.75 Å². The molecule has 31 heavy (non-hydrogen) atoms. The van der Waals surface area contributed by atoms with E-state index in [1.807, 2.05) is 18.2 Å². The van der Waals surface area contributed by atoms with Gasteiger partial charge in [-0.3, -0.25) is 14.5 Å². The van der Waals surface area contributed by atoms with Gasteiger partial charge in [-0.15, -0.1) is 0 Å². The van der Waals surface area contributed by atoms with Crippen LogP contribution in [0.3, 0.4) is 0 Å². The van der Waals surface area contributed by atoms with Crippen LogP contribution in [-0.4, -0.2) is 64.9 Å². The molecule has 3 heterocycles. The Kier molecular flexibility index (Phi) is 4.68. The van der Waals surface area contributed by atoms with Crippen molar-refractivity contribution in [1.82, 2.24) is 20.1 Å². The van der Waals surface area contributed by atoms with Crippen molar-refractivity contribution in [2.45, 2.75) is 44.1 Å². The van der Waals surface area contributed by atoms with E-state index in [0.717, 1.165) is 47.2 Å². The highest BCUT2D eigenvalue weighted by atomic mass is 16.5. The predicted molar refractivity (Wildman–Crippen MR) is 115 cm³/mol. The van der Waals surface area contributed by atoms with Gasteiger partial charge in [-0.05, 0) is 68.2 Å². The Morgan fingerprint density at radius 2 is 1.94 bits per heavy atom. The van der Waals surface area contributed by atoms with E-state index < -0.39 is 11.6 Å². The Labute approximate surface area is 180 Å². The number of piperidine rings is 1. The third-order valence-electron chi connectivity index (χ3n) is 7.20. The highest BCUT2D eigenvalue weighted by molar-refractivity contribution is 6.09. The minimum absolute atomic E-state index is 0.164. The molecule has 1 saturated carbocycles. The van der Waals surface area contributed by atoms with Gasteiger partial charge >= 0.3 is 6.03 Å². The minimum Gasteiger partial charge on any atom is -0.497 e. The van der Waals surface area contributed by atoms with Gasteiger partial charge in [0.25, 0.3) is 5.91 Å². The lowest BCUT2D eigenvalue weighted by Crippen LogP contribution is -2.48. The van der Waals surface area contributed by atoms with Crippen LogP contribution in [0.25, 0.3) is 10.9 Å². The van der Waals surface area contributed by atoms with Gasteiger partial charge in [0.2, 0.25) is 5.91 Å². The fourth-order valence-corrected chi connectivity index (χ4v) is 5.06. The maximum atomic E-state index is 12.9. The molecular weight excluding hydrogens is 396 g/mol. The second-order valence-corrected chi connectivity index (χ2v) is 9.11. The van der Waals surface area contributed by atoms with Crippen LogP contribution in [0.15, 0.2) is 24.4 Å². The average Bonchev–Trinajstić information content (AvgIpc) is 3.52. The zero-order valence-electron chi connectivity index (χ0n) is 17.9. The first-order valence-electron chi connectivity index (χ1n) is 11.0. The molecule has 1 atom stereocenters. The van der Waals surface area contributed by atoms with Crippen LogP contribution in [0.4, 0.5) is 4.79 Å². The number of H-pyrrole nitrogens is 1. The second-order valence-electron chi connectivity index (χ2n) is 9.11. The van der Waals surface area contributed by atoms with Crippen LogP contribution < -0.4 is 10.1 Å². The number of aromatic nitrogens is 1. The number of likely N-dealkylation sites (tertiary alicyclic amines) is 1. The van der Waals surface area contributed by atoms with Crippen LogP contribution >= 0.6 is 0 Å². The number of hydrogen-bond acceptors (Lipinski definition) is 4. The van der Waals surface area contributed by atoms with Crippen molar-refractivity contribution in [3.63, 3.8) is 0 Å². The van der Waals surface area contributed by atoms with Crippen molar-refractivity contribution in [3.8, 4) is 5.75 Å². The molecule has 0 bridgehead atoms. The first-order chi connectivity index (χ1) is 14.9. The minimum atomic E-state index is -0.846. The van der Waals surface area contributed by atoms with Gasteiger partial charge in [0.05, 0.1) is 7.11 Å². The van der Waals surface area contributed by atoms with Gasteiger partial charge in [-0.25, -0.2) is 4.79 Å². The fourth-order valence-electron chi connectivity index (χ4n) is 5.06. The summed E-state index contributed by atoms with van der Waals surface area (Å²) >= 11 is 0. The van der Waals surface area contributed by atoms with Gasteiger partial charge in [-0.1, -0.05) is 0 Å². The highest BCUT2D eigenvalue weighted by Crippen LogP contribution is 2.42. The largest absolute Gasteiger partial charge is 0.497 e. The van der Waals surface area contributed by atoms with E-state index in [1.165, 1.54) is 5.56 Å². The fraction of sp³-hybridized carbons (Fsp3) is 0.522. The number of benzene rings is 1. The predicted octanol–water partition coefficient (Wildman–Crippen LogP) is 2.60. The number of ether oxygens (including phenoxy) is 1. The number of nitrogens with one attached hydrogen (secondary N) is 2. The number of carbonyl (C=O) groups is 3. The summed E-state index contributed by atoms with van der Waals surface area (Å²) in [6.07, 6.45) is 5.62. The van der Waals surface area contributed by atoms with Gasteiger partial charge in [0.15, 0.2) is 0 Å². The Bertz CT molecular complexity index is 1050. The average molecular weight is 425 g/mol. The first kappa shape index (κ1) is 19.9. The molecule has 0 radical (unpaired) electrons. The first-order valence-corrected chi connectivity index (χ1v) is 11.0. The van der Waals surface area contributed by atoms with Crippen molar-refractivity contribution in [3.05, 3.63) is 30.0 Å². The molecule has 2 aromatic rings. The summed E-state index contributed by atoms with van der Waals surface area (Å²) in [7, 11) is 1.66. The number of carbonyl (C=O) groups excluding carboxylic acids is 3. The highest BCUT2D eigenvalue weighted by Gasteiger charge is 2.56. The molecule has 5 rings (SSSR count). The smallest absolute Gasteiger partial charge is 0.325 e. The van der Waals surface area contributed by atoms with Crippen LogP contribution in [0.1, 0.15) is 44.1 Å². The summed E-state index contributed by atoms with van der Waals surface area (Å²) in [4.78, 5) is 44.2. The normalized spacial score (nSPS) is 24.7. The number of fused-ring (bicyclic) bond motifs is 1. The summed E-state index contributed by atoms with van der Waals surface area (Å²) in [5.74, 6) is 0.931. The van der Waals surface area contributed by atoms with Gasteiger partial charge in [0, 0.05) is 30.2 Å². The van der Waals surface area contributed by atoms with E-state index in [-0.39, 0.29) is 24.3 Å². The molecule has 1 aromatic carbocycles. The number of amides is 4. The van der Waals surface area contributed by atoms with E-state index in [2.05, 4.69) is 16.5 Å². The lowest BCUT2D eigenvalue weighted by Gasteiger charge is -2.32. The van der Waals surface area contributed by atoms with Gasteiger partial charge in [-0.2, -0.15) is 0 Å². The SMILES string of the molecule is COc1ccc2[nH]cc(C3CCN(C(=O)CN4C(=O)NC(C)(C5CC5)C4=O)CC3)c2c1. The lowest BCUT2D eigenvalue weighted by atomic mass is 9.89. The summed E-state index contributed by atoms with van der Waals surface area (Å²) in [5, 5.41) is 3.96. The molecule has 3 fully saturated rings. The molecule has 2 N–H and O–H groups in total. The molecule has 4 amide bonds. The molecule has 0 spiro atoms. The van der Waals surface area contributed by atoms with Crippen molar-refractivity contribution in [1.29, 1.82) is 0 Å². The quantitative estimate of drug-likeness (QED) is 0.722. The van der Waals surface area contributed by atoms with Crippen LogP contribution in [0.2, 0.25) is 0 Å². The van der Waals surface area contributed by atoms with Gasteiger partial charge < -0.3 is 19.9 Å². The lowest BCUT2D eigenvalue weighted by molar-refractivity contribution is -0.139. The number of nitrogens with zero attached hydrogens (tertiary/aromatic N) is 2. The van der Waals surface area contributed by atoms with Crippen molar-refractivity contribution < 1.29 is 19.1 Å². The van der Waals surface area contributed by atoms with E-state index in [0.29, 0.717) is 19.0 Å². The molecule has 1 unspecified atom stereocenters. The Morgan fingerprint density at radius 1 is 1.19 bits per heavy atom. The number of rotatable bonds is 5. The molecule has 2 saturated heterocycles. The topological polar surface area (TPSA) is 94.7 Å². The van der Waals surface area contributed by atoms with Crippen LogP contribution in [0, 0.1) is 5.92 Å².